The Morgan fingerprint density at radius 1 is 1.00 bits per heavy atom. The Balaban J connectivity index is 1.59. The van der Waals surface area contributed by atoms with Gasteiger partial charge < -0.3 is 10.2 Å². The molecule has 130 valence electrons. The zero-order valence-electron chi connectivity index (χ0n) is 13.9. The van der Waals surface area contributed by atoms with E-state index in [-0.39, 0.29) is 18.3 Å². The molecule has 0 saturated heterocycles. The van der Waals surface area contributed by atoms with Crippen molar-refractivity contribution < 1.29 is 14.0 Å². The number of nitrogens with zero attached hydrogens (tertiary/aromatic N) is 1. The minimum atomic E-state index is -0.357. The lowest BCUT2D eigenvalue weighted by Crippen LogP contribution is -2.17. The molecule has 3 aromatic carbocycles. The molecule has 0 aliphatic heterocycles. The largest absolute Gasteiger partial charge is 0.386 e. The molecule has 0 aromatic heterocycles. The summed E-state index contributed by atoms with van der Waals surface area (Å²) in [5.41, 5.74) is 3.18. The van der Waals surface area contributed by atoms with E-state index in [0.29, 0.717) is 11.3 Å². The summed E-state index contributed by atoms with van der Waals surface area (Å²) in [4.78, 5) is 17.1. The van der Waals surface area contributed by atoms with E-state index in [1.807, 2.05) is 54.6 Å². The molecule has 0 fully saturated rings. The molecule has 0 unspecified atom stereocenters. The minimum absolute atomic E-state index is 0.241. The van der Waals surface area contributed by atoms with Crippen molar-refractivity contribution in [1.82, 2.24) is 0 Å². The highest BCUT2D eigenvalue weighted by Crippen LogP contribution is 2.27. The van der Waals surface area contributed by atoms with Crippen LogP contribution >= 0.6 is 0 Å². The van der Waals surface area contributed by atoms with Crippen LogP contribution in [0, 0.1) is 5.82 Å². The van der Waals surface area contributed by atoms with Crippen LogP contribution in [0.2, 0.25) is 0 Å². The van der Waals surface area contributed by atoms with Crippen molar-refractivity contribution in [3.8, 4) is 11.1 Å². The average Bonchev–Trinajstić information content (AvgIpc) is 2.66. The van der Waals surface area contributed by atoms with Gasteiger partial charge in [0.1, 0.15) is 5.82 Å². The molecule has 1 amide bonds. The molecule has 5 heteroatoms. The number of halogens is 1. The normalized spacial score (nSPS) is 10.7. The van der Waals surface area contributed by atoms with Gasteiger partial charge in [-0.05, 0) is 29.3 Å². The maximum atomic E-state index is 13.1. The molecule has 4 nitrogen and oxygen atoms in total. The van der Waals surface area contributed by atoms with Crippen molar-refractivity contribution in [2.75, 3.05) is 11.9 Å². The summed E-state index contributed by atoms with van der Waals surface area (Å²) in [7, 11) is 0. The lowest BCUT2D eigenvalue weighted by Gasteiger charge is -2.10. The molecule has 0 radical (unpaired) electrons. The highest BCUT2D eigenvalue weighted by molar-refractivity contribution is 5.96. The van der Waals surface area contributed by atoms with Crippen molar-refractivity contribution in [3.05, 3.63) is 90.2 Å². The van der Waals surface area contributed by atoms with Gasteiger partial charge in [-0.15, -0.1) is 0 Å². The second-order valence-corrected chi connectivity index (χ2v) is 5.52. The number of oxime groups is 1. The third-order valence-corrected chi connectivity index (χ3v) is 3.61. The van der Waals surface area contributed by atoms with Crippen LogP contribution in [-0.4, -0.2) is 18.7 Å². The molecule has 0 spiro atoms. The summed E-state index contributed by atoms with van der Waals surface area (Å²) in [6, 6.07) is 23.2. The Morgan fingerprint density at radius 3 is 2.58 bits per heavy atom. The summed E-state index contributed by atoms with van der Waals surface area (Å²) < 4.78 is 13.1. The first-order chi connectivity index (χ1) is 12.7. The number of anilines is 1. The van der Waals surface area contributed by atoms with Gasteiger partial charge in [0.15, 0.2) is 6.61 Å². The van der Waals surface area contributed by atoms with Crippen LogP contribution in [-0.2, 0) is 9.63 Å². The van der Waals surface area contributed by atoms with E-state index in [4.69, 9.17) is 4.84 Å². The number of hydrogen-bond acceptors (Lipinski definition) is 3. The summed E-state index contributed by atoms with van der Waals surface area (Å²) >= 11 is 0. The number of benzene rings is 3. The van der Waals surface area contributed by atoms with E-state index in [2.05, 4.69) is 10.5 Å². The van der Waals surface area contributed by atoms with E-state index in [9.17, 15) is 9.18 Å². The number of carbonyl (C=O) groups excluding carboxylic acids is 1. The standard InChI is InChI=1S/C21H17FN2O2/c22-18-10-6-7-16(13-18)14-23-26-15-21(25)24-20-12-5-4-11-19(20)17-8-2-1-3-9-17/h1-14H,15H2,(H,24,25)/b23-14-. The van der Waals surface area contributed by atoms with Crippen LogP contribution in [0.3, 0.4) is 0 Å². The van der Waals surface area contributed by atoms with Crippen molar-refractivity contribution >= 4 is 17.8 Å². The Kier molecular flexibility index (Phi) is 5.72. The van der Waals surface area contributed by atoms with Crippen molar-refractivity contribution in [2.45, 2.75) is 0 Å². The molecule has 3 aromatic rings. The van der Waals surface area contributed by atoms with Gasteiger partial charge in [0.25, 0.3) is 5.91 Å². The van der Waals surface area contributed by atoms with Crippen LogP contribution in [0.4, 0.5) is 10.1 Å². The van der Waals surface area contributed by atoms with Gasteiger partial charge in [-0.2, -0.15) is 0 Å². The monoisotopic (exact) mass is 348 g/mol. The molecule has 0 heterocycles. The molecule has 0 atom stereocenters. The second-order valence-electron chi connectivity index (χ2n) is 5.52. The van der Waals surface area contributed by atoms with Gasteiger partial charge in [0.05, 0.1) is 6.21 Å². The zero-order valence-corrected chi connectivity index (χ0v) is 13.9. The van der Waals surface area contributed by atoms with E-state index in [0.717, 1.165) is 11.1 Å². The Morgan fingerprint density at radius 2 is 1.77 bits per heavy atom. The van der Waals surface area contributed by atoms with Crippen molar-refractivity contribution in [1.29, 1.82) is 0 Å². The highest BCUT2D eigenvalue weighted by Gasteiger charge is 2.08. The van der Waals surface area contributed by atoms with E-state index < -0.39 is 0 Å². The van der Waals surface area contributed by atoms with Gasteiger partial charge in [-0.25, -0.2) is 4.39 Å². The fourth-order valence-corrected chi connectivity index (χ4v) is 2.43. The molecular weight excluding hydrogens is 331 g/mol. The van der Waals surface area contributed by atoms with Crippen LogP contribution in [0.15, 0.2) is 84.0 Å². The third kappa shape index (κ3) is 4.77. The van der Waals surface area contributed by atoms with Crippen LogP contribution in [0.5, 0.6) is 0 Å². The minimum Gasteiger partial charge on any atom is -0.386 e. The van der Waals surface area contributed by atoms with Gasteiger partial charge >= 0.3 is 0 Å². The van der Waals surface area contributed by atoms with Crippen LogP contribution in [0.25, 0.3) is 11.1 Å². The van der Waals surface area contributed by atoms with E-state index >= 15 is 0 Å². The fourth-order valence-electron chi connectivity index (χ4n) is 2.43. The summed E-state index contributed by atoms with van der Waals surface area (Å²) in [6.45, 7) is -0.241. The number of hydrogen-bond donors (Lipinski definition) is 1. The molecule has 0 saturated carbocycles. The maximum absolute atomic E-state index is 13.1. The number of nitrogens with one attached hydrogen (secondary N) is 1. The van der Waals surface area contributed by atoms with Crippen LogP contribution in [0.1, 0.15) is 5.56 Å². The molecule has 3 rings (SSSR count). The van der Waals surface area contributed by atoms with E-state index in [1.54, 1.807) is 12.1 Å². The van der Waals surface area contributed by atoms with Gasteiger partial charge in [0, 0.05) is 11.3 Å². The molecular formula is C21H17FN2O2. The summed E-state index contributed by atoms with van der Waals surface area (Å²) in [6.07, 6.45) is 1.36. The van der Waals surface area contributed by atoms with E-state index in [1.165, 1.54) is 18.3 Å². The molecule has 1 N–H and O–H groups in total. The average molecular weight is 348 g/mol. The van der Waals surface area contributed by atoms with Crippen LogP contribution < -0.4 is 5.32 Å². The lowest BCUT2D eigenvalue weighted by atomic mass is 10.0. The first kappa shape index (κ1) is 17.4. The van der Waals surface area contributed by atoms with Gasteiger partial charge in [-0.3, -0.25) is 4.79 Å². The fraction of sp³-hybridized carbons (Fsp3) is 0.0476. The number of rotatable bonds is 6. The Hall–Kier alpha value is -3.47. The van der Waals surface area contributed by atoms with Gasteiger partial charge in [-0.1, -0.05) is 65.8 Å². The third-order valence-electron chi connectivity index (χ3n) is 3.61. The second kappa shape index (κ2) is 8.58. The number of carbonyl (C=O) groups is 1. The van der Waals surface area contributed by atoms with Gasteiger partial charge in [0.2, 0.25) is 0 Å². The molecule has 26 heavy (non-hydrogen) atoms. The number of para-hydroxylation sites is 1. The quantitative estimate of drug-likeness (QED) is 0.527. The first-order valence-electron chi connectivity index (χ1n) is 8.07. The summed E-state index contributed by atoms with van der Waals surface area (Å²) in [5, 5.41) is 6.51. The molecule has 0 aliphatic rings. The SMILES string of the molecule is O=C(CO/N=C\c1cccc(F)c1)Nc1ccccc1-c1ccccc1. The zero-order chi connectivity index (χ0) is 18.2. The van der Waals surface area contributed by atoms with Crippen molar-refractivity contribution in [3.63, 3.8) is 0 Å². The molecule has 0 aliphatic carbocycles. The summed E-state index contributed by atoms with van der Waals surface area (Å²) in [5.74, 6) is -0.686. The highest BCUT2D eigenvalue weighted by atomic mass is 19.1. The first-order valence-corrected chi connectivity index (χ1v) is 8.07. The maximum Gasteiger partial charge on any atom is 0.265 e. The predicted octanol–water partition coefficient (Wildman–Crippen LogP) is 4.48. The molecule has 0 bridgehead atoms. The predicted molar refractivity (Wildman–Crippen MR) is 100 cm³/mol. The smallest absolute Gasteiger partial charge is 0.265 e. The topological polar surface area (TPSA) is 50.7 Å². The number of amides is 1. The lowest BCUT2D eigenvalue weighted by molar-refractivity contribution is -0.120. The van der Waals surface area contributed by atoms with Crippen molar-refractivity contribution in [2.24, 2.45) is 5.16 Å². The Bertz CT molecular complexity index is 911. The Labute approximate surface area is 150 Å².